The molecule has 0 bridgehead atoms. The molecule has 0 saturated carbocycles. The number of hydrogen-bond donors (Lipinski definition) is 1. The topological polar surface area (TPSA) is 80.3 Å². The highest BCUT2D eigenvalue weighted by molar-refractivity contribution is 9.10. The van der Waals surface area contributed by atoms with Gasteiger partial charge in [-0.25, -0.2) is 4.79 Å². The highest BCUT2D eigenvalue weighted by Crippen LogP contribution is 2.36. The molecule has 1 aliphatic heterocycles. The fraction of sp³-hybridized carbons (Fsp3) is 0.235. The van der Waals surface area contributed by atoms with E-state index in [1.807, 2.05) is 77.8 Å². The third kappa shape index (κ3) is 7.29. The minimum absolute atomic E-state index is 0.0377. The van der Waals surface area contributed by atoms with Crippen molar-refractivity contribution in [3.63, 3.8) is 0 Å². The monoisotopic (exact) mass is 643 g/mol. The van der Waals surface area contributed by atoms with Gasteiger partial charge in [0.1, 0.15) is 22.8 Å². The summed E-state index contributed by atoms with van der Waals surface area (Å²) in [7, 11) is 2.79. The van der Waals surface area contributed by atoms with Crippen LogP contribution < -0.4 is 24.8 Å². The number of carbonyl (C=O) groups excluding carboxylic acids is 2. The lowest BCUT2D eigenvalue weighted by Crippen LogP contribution is -2.41. The van der Waals surface area contributed by atoms with Crippen molar-refractivity contribution in [1.29, 1.82) is 0 Å². The Morgan fingerprint density at radius 3 is 2.23 bits per heavy atom. The minimum Gasteiger partial charge on any atom is -0.496 e. The molecule has 1 saturated heterocycles. The van der Waals surface area contributed by atoms with E-state index in [9.17, 15) is 9.59 Å². The molecule has 4 aromatic rings. The second-order valence-corrected chi connectivity index (χ2v) is 11.0. The Morgan fingerprint density at radius 1 is 0.860 bits per heavy atom. The molecule has 0 aromatic heterocycles. The van der Waals surface area contributed by atoms with Crippen LogP contribution >= 0.6 is 15.9 Å². The predicted octanol–water partition coefficient (Wildman–Crippen LogP) is 7.44. The normalized spacial score (nSPS) is 12.8. The van der Waals surface area contributed by atoms with Gasteiger partial charge in [0.05, 0.1) is 37.7 Å². The summed E-state index contributed by atoms with van der Waals surface area (Å²) in [4.78, 5) is 28.2. The summed E-state index contributed by atoms with van der Waals surface area (Å²) in [5, 5.41) is 1.83. The van der Waals surface area contributed by atoms with Gasteiger partial charge < -0.3 is 19.1 Å². The van der Waals surface area contributed by atoms with Crippen LogP contribution in [0.5, 0.6) is 17.2 Å². The SMILES string of the molecule is COC(=O)c1cc(Br)c(CC(=O)NN(c2ccc(Oc3ccccc3)cc2)c2ccccc2N2CCCCC2)cc1OC. The number of methoxy groups -OCH3 is 2. The average Bonchev–Trinajstić information content (AvgIpc) is 3.05. The second kappa shape index (κ2) is 14.1. The van der Waals surface area contributed by atoms with E-state index in [0.717, 1.165) is 48.7 Å². The van der Waals surface area contributed by atoms with Gasteiger partial charge in [-0.1, -0.05) is 46.3 Å². The van der Waals surface area contributed by atoms with Gasteiger partial charge >= 0.3 is 5.97 Å². The molecule has 0 radical (unpaired) electrons. The number of carbonyl (C=O) groups is 2. The summed E-state index contributed by atoms with van der Waals surface area (Å²) in [6, 6.07) is 28.6. The molecule has 0 atom stereocenters. The van der Waals surface area contributed by atoms with E-state index in [0.29, 0.717) is 21.5 Å². The molecular weight excluding hydrogens is 610 g/mol. The van der Waals surface area contributed by atoms with Gasteiger partial charge in [-0.15, -0.1) is 0 Å². The standard InChI is InChI=1S/C34H34BrN3O5/c1-41-32-21-24(29(35)23-28(32)34(40)42-2)22-33(39)36-38(31-14-8-7-13-30(31)37-19-9-4-10-20-37)25-15-17-27(18-16-25)43-26-11-5-3-6-12-26/h3,5-8,11-18,21,23H,4,9-10,19-20,22H2,1-2H3,(H,36,39). The van der Waals surface area contributed by atoms with Crippen LogP contribution in [0, 0.1) is 0 Å². The van der Waals surface area contributed by atoms with E-state index in [1.165, 1.54) is 20.6 Å². The molecule has 9 heteroatoms. The third-order valence-electron chi connectivity index (χ3n) is 7.25. The summed E-state index contributed by atoms with van der Waals surface area (Å²) in [5.41, 5.74) is 6.77. The number of rotatable bonds is 10. The molecule has 4 aromatic carbocycles. The number of nitrogens with one attached hydrogen (secondary N) is 1. The zero-order valence-electron chi connectivity index (χ0n) is 24.2. The van der Waals surface area contributed by atoms with Crippen LogP contribution in [0.2, 0.25) is 0 Å². The Bertz CT molecular complexity index is 1560. The number of hydrazine groups is 1. The van der Waals surface area contributed by atoms with Crippen LogP contribution in [0.15, 0.2) is 95.5 Å². The highest BCUT2D eigenvalue weighted by atomic mass is 79.9. The van der Waals surface area contributed by atoms with E-state index >= 15 is 0 Å². The number of halogens is 1. The zero-order chi connectivity index (χ0) is 30.2. The molecule has 0 spiro atoms. The van der Waals surface area contributed by atoms with Gasteiger partial charge in [0.25, 0.3) is 0 Å². The predicted molar refractivity (Wildman–Crippen MR) is 171 cm³/mol. The summed E-state index contributed by atoms with van der Waals surface area (Å²) >= 11 is 3.51. The molecule has 0 unspecified atom stereocenters. The van der Waals surface area contributed by atoms with Crippen molar-refractivity contribution in [3.8, 4) is 17.2 Å². The molecule has 1 amide bonds. The fourth-order valence-electron chi connectivity index (χ4n) is 5.11. The maximum absolute atomic E-state index is 13.6. The van der Waals surface area contributed by atoms with Crippen LogP contribution in [-0.4, -0.2) is 39.2 Å². The molecule has 222 valence electrons. The number of amides is 1. The fourth-order valence-corrected chi connectivity index (χ4v) is 5.60. The maximum atomic E-state index is 13.6. The van der Waals surface area contributed by atoms with E-state index < -0.39 is 5.97 Å². The molecule has 1 aliphatic rings. The lowest BCUT2D eigenvalue weighted by Gasteiger charge is -2.34. The molecule has 1 fully saturated rings. The molecule has 5 rings (SSSR count). The third-order valence-corrected chi connectivity index (χ3v) is 7.99. The Balaban J connectivity index is 1.45. The number of para-hydroxylation sites is 3. The molecule has 0 aliphatic carbocycles. The van der Waals surface area contributed by atoms with Crippen molar-refractivity contribution in [2.45, 2.75) is 25.7 Å². The summed E-state index contributed by atoms with van der Waals surface area (Å²) in [6.07, 6.45) is 3.51. The minimum atomic E-state index is -0.520. The lowest BCUT2D eigenvalue weighted by atomic mass is 10.1. The zero-order valence-corrected chi connectivity index (χ0v) is 25.8. The number of esters is 1. The van der Waals surface area contributed by atoms with E-state index in [1.54, 1.807) is 12.1 Å². The summed E-state index contributed by atoms with van der Waals surface area (Å²) in [5.74, 6) is 1.00. The van der Waals surface area contributed by atoms with Crippen molar-refractivity contribution in [3.05, 3.63) is 107 Å². The second-order valence-electron chi connectivity index (χ2n) is 10.1. The van der Waals surface area contributed by atoms with Gasteiger partial charge in [-0.2, -0.15) is 0 Å². The first kappa shape index (κ1) is 30.0. The first-order valence-electron chi connectivity index (χ1n) is 14.2. The summed E-state index contributed by atoms with van der Waals surface area (Å²) < 4.78 is 16.9. The quantitative estimate of drug-likeness (QED) is 0.142. The largest absolute Gasteiger partial charge is 0.496 e. The molecule has 1 heterocycles. The first-order chi connectivity index (χ1) is 21.0. The molecule has 8 nitrogen and oxygen atoms in total. The molecule has 1 N–H and O–H groups in total. The van der Waals surface area contributed by atoms with Gasteiger partial charge in [0, 0.05) is 17.6 Å². The average molecular weight is 645 g/mol. The summed E-state index contributed by atoms with van der Waals surface area (Å²) in [6.45, 7) is 1.92. The van der Waals surface area contributed by atoms with E-state index in [4.69, 9.17) is 14.2 Å². The molecular formula is C34H34BrN3O5. The number of benzene rings is 4. The number of hydrogen-bond acceptors (Lipinski definition) is 7. The Labute approximate surface area is 260 Å². The Hall–Kier alpha value is -4.50. The van der Waals surface area contributed by atoms with Crippen LogP contribution in [0.4, 0.5) is 17.1 Å². The smallest absolute Gasteiger partial charge is 0.341 e. The van der Waals surface area contributed by atoms with Gasteiger partial charge in [-0.05, 0) is 85.5 Å². The van der Waals surface area contributed by atoms with Gasteiger partial charge in [0.2, 0.25) is 5.91 Å². The number of ether oxygens (including phenoxy) is 3. The maximum Gasteiger partial charge on any atom is 0.341 e. The van der Waals surface area contributed by atoms with Gasteiger partial charge in [0.15, 0.2) is 0 Å². The molecule has 43 heavy (non-hydrogen) atoms. The Morgan fingerprint density at radius 2 is 1.53 bits per heavy atom. The van der Waals surface area contributed by atoms with Crippen LogP contribution in [0.25, 0.3) is 0 Å². The first-order valence-corrected chi connectivity index (χ1v) is 15.0. The van der Waals surface area contributed by atoms with Crippen molar-refractivity contribution in [1.82, 2.24) is 5.43 Å². The van der Waals surface area contributed by atoms with Crippen LogP contribution in [0.3, 0.4) is 0 Å². The highest BCUT2D eigenvalue weighted by Gasteiger charge is 2.23. The van der Waals surface area contributed by atoms with Crippen molar-refractivity contribution >= 4 is 44.9 Å². The van der Waals surface area contributed by atoms with Crippen molar-refractivity contribution in [2.24, 2.45) is 0 Å². The van der Waals surface area contributed by atoms with Gasteiger partial charge in [-0.3, -0.25) is 15.2 Å². The van der Waals surface area contributed by atoms with E-state index in [2.05, 4.69) is 32.3 Å². The van der Waals surface area contributed by atoms with Crippen molar-refractivity contribution < 1.29 is 23.8 Å². The number of nitrogens with zero attached hydrogens (tertiary/aromatic N) is 2. The van der Waals surface area contributed by atoms with Crippen LogP contribution in [-0.2, 0) is 16.0 Å². The van der Waals surface area contributed by atoms with Crippen LogP contribution in [0.1, 0.15) is 35.2 Å². The number of anilines is 3. The number of piperidine rings is 1. The van der Waals surface area contributed by atoms with E-state index in [-0.39, 0.29) is 17.9 Å². The lowest BCUT2D eigenvalue weighted by molar-refractivity contribution is -0.120. The van der Waals surface area contributed by atoms with Crippen molar-refractivity contribution in [2.75, 3.05) is 37.2 Å². The Kier molecular flexibility index (Phi) is 9.84.